The second-order valence-corrected chi connectivity index (χ2v) is 14.0. The summed E-state index contributed by atoms with van der Waals surface area (Å²) >= 11 is 0. The minimum atomic E-state index is -0.578. The van der Waals surface area contributed by atoms with Crippen LogP contribution in [0.2, 0.25) is 0 Å². The van der Waals surface area contributed by atoms with Gasteiger partial charge in [0.25, 0.3) is 0 Å². The van der Waals surface area contributed by atoms with E-state index in [1.54, 1.807) is 4.90 Å². The Morgan fingerprint density at radius 2 is 1.71 bits per heavy atom. The van der Waals surface area contributed by atoms with Gasteiger partial charge in [-0.3, -0.25) is 19.3 Å². The lowest BCUT2D eigenvalue weighted by Crippen LogP contribution is -2.36. The van der Waals surface area contributed by atoms with Gasteiger partial charge in [-0.25, -0.2) is 0 Å². The van der Waals surface area contributed by atoms with Crippen LogP contribution in [0.4, 0.5) is 11.4 Å². The molecule has 1 aliphatic heterocycles. The smallest absolute Gasteiger partial charge is 0.310 e. The van der Waals surface area contributed by atoms with E-state index in [1.807, 2.05) is 84.9 Å². The first-order chi connectivity index (χ1) is 19.2. The molecule has 4 rings (SSSR count). The van der Waals surface area contributed by atoms with Crippen LogP contribution < -0.4 is 4.90 Å². The number of carbonyl (C=O) groups is 3. The van der Waals surface area contributed by atoms with Crippen molar-refractivity contribution < 1.29 is 23.9 Å². The summed E-state index contributed by atoms with van der Waals surface area (Å²) in [6, 6.07) is 14.2. The van der Waals surface area contributed by atoms with Gasteiger partial charge in [-0.1, -0.05) is 42.7 Å². The minimum Gasteiger partial charge on any atom is -0.460 e. The van der Waals surface area contributed by atoms with Crippen LogP contribution in [0.25, 0.3) is 0 Å². The molecule has 1 heterocycles. The number of hydrogen-bond donors (Lipinski definition) is 0. The number of nitrogens with zero attached hydrogens (tertiary/aromatic N) is 1. The zero-order valence-electron chi connectivity index (χ0n) is 25.9. The molecule has 2 aromatic rings. The molecule has 6 heteroatoms. The molecule has 3 atom stereocenters. The first-order valence-electron chi connectivity index (χ1n) is 15.1. The number of aryl methyl sites for hydroxylation is 1. The van der Waals surface area contributed by atoms with E-state index in [2.05, 4.69) is 6.07 Å². The fourth-order valence-corrected chi connectivity index (χ4v) is 6.30. The lowest BCUT2D eigenvalue weighted by molar-refractivity contribution is -0.163. The highest BCUT2D eigenvalue weighted by Crippen LogP contribution is 2.40. The van der Waals surface area contributed by atoms with Crippen molar-refractivity contribution in [3.63, 3.8) is 0 Å². The summed E-state index contributed by atoms with van der Waals surface area (Å²) in [5.74, 6) is -0.0145. The van der Waals surface area contributed by atoms with Gasteiger partial charge in [-0.05, 0) is 115 Å². The van der Waals surface area contributed by atoms with Crippen molar-refractivity contribution in [1.29, 1.82) is 0 Å². The molecule has 222 valence electrons. The highest BCUT2D eigenvalue weighted by molar-refractivity contribution is 6.07. The Balaban J connectivity index is 1.52. The molecular formula is C35H47NO5. The van der Waals surface area contributed by atoms with Gasteiger partial charge in [0.15, 0.2) is 0 Å². The molecule has 1 unspecified atom stereocenters. The van der Waals surface area contributed by atoms with Crippen molar-refractivity contribution in [2.24, 2.45) is 17.8 Å². The molecule has 0 radical (unpaired) electrons. The standard InChI is InChI=1S/C35H47NO5/c1-23-14-16-30-27(18-23)22-31(37)36(30)28-13-9-11-25(20-28)21-29(33(39)41-35(5,6)7)26-12-8-10-24(19-26)15-17-32(38)40-34(2,3)4/h9,11,13-14,16,18,20,24,26,29H,8,10,12,15,17,19,21-22H2,1-7H3/t24?,26-,29-/m0/s1. The highest BCUT2D eigenvalue weighted by atomic mass is 16.6. The Morgan fingerprint density at radius 1 is 0.976 bits per heavy atom. The number of anilines is 2. The van der Waals surface area contributed by atoms with Crippen LogP contribution in [0.5, 0.6) is 0 Å². The average molecular weight is 562 g/mol. The summed E-state index contributed by atoms with van der Waals surface area (Å²) in [6.45, 7) is 13.4. The van der Waals surface area contributed by atoms with Gasteiger partial charge < -0.3 is 9.47 Å². The van der Waals surface area contributed by atoms with Crippen LogP contribution in [-0.2, 0) is 36.7 Å². The van der Waals surface area contributed by atoms with Crippen LogP contribution in [-0.4, -0.2) is 29.0 Å². The molecule has 0 aromatic heterocycles. The van der Waals surface area contributed by atoms with Gasteiger partial charge in [0.1, 0.15) is 11.2 Å². The number of fused-ring (bicyclic) bond motifs is 1. The average Bonchev–Trinajstić information content (AvgIpc) is 3.19. The molecule has 0 saturated heterocycles. The van der Waals surface area contributed by atoms with Crippen molar-refractivity contribution in [3.05, 3.63) is 59.2 Å². The number of carbonyl (C=O) groups excluding carboxylic acids is 3. The van der Waals surface area contributed by atoms with E-state index in [4.69, 9.17) is 9.47 Å². The van der Waals surface area contributed by atoms with Crippen molar-refractivity contribution in [1.82, 2.24) is 0 Å². The van der Waals surface area contributed by atoms with Gasteiger partial charge in [0, 0.05) is 12.1 Å². The topological polar surface area (TPSA) is 72.9 Å². The van der Waals surface area contributed by atoms with Crippen LogP contribution in [0.15, 0.2) is 42.5 Å². The second kappa shape index (κ2) is 12.4. The monoisotopic (exact) mass is 561 g/mol. The Bertz CT molecular complexity index is 1270. The SMILES string of the molecule is Cc1ccc2c(c1)CC(=O)N2c1cccc(C[C@H](C(=O)OC(C)(C)C)[C@H]2CCCC(CCC(=O)OC(C)(C)C)C2)c1. The molecule has 1 amide bonds. The summed E-state index contributed by atoms with van der Waals surface area (Å²) in [5, 5.41) is 0. The molecule has 1 saturated carbocycles. The number of benzene rings is 2. The zero-order chi connectivity index (χ0) is 29.9. The summed E-state index contributed by atoms with van der Waals surface area (Å²) in [4.78, 5) is 40.8. The molecule has 6 nitrogen and oxygen atoms in total. The lowest BCUT2D eigenvalue weighted by Gasteiger charge is -2.35. The molecule has 41 heavy (non-hydrogen) atoms. The largest absolute Gasteiger partial charge is 0.460 e. The van der Waals surface area contributed by atoms with Crippen LogP contribution in [0.3, 0.4) is 0 Å². The Morgan fingerprint density at radius 3 is 2.41 bits per heavy atom. The number of ether oxygens (including phenoxy) is 2. The third-order valence-corrected chi connectivity index (χ3v) is 7.97. The molecule has 1 aliphatic carbocycles. The molecular weight excluding hydrogens is 514 g/mol. The van der Waals surface area contributed by atoms with E-state index in [1.165, 1.54) is 0 Å². The maximum absolute atomic E-state index is 13.6. The van der Waals surface area contributed by atoms with Crippen molar-refractivity contribution >= 4 is 29.2 Å². The molecule has 1 fully saturated rings. The fourth-order valence-electron chi connectivity index (χ4n) is 6.30. The third kappa shape index (κ3) is 8.43. The minimum absolute atomic E-state index is 0.0616. The van der Waals surface area contributed by atoms with Crippen LogP contribution in [0, 0.1) is 24.7 Å². The zero-order valence-corrected chi connectivity index (χ0v) is 25.9. The number of amides is 1. The number of rotatable bonds is 8. The maximum atomic E-state index is 13.6. The van der Waals surface area contributed by atoms with Crippen LogP contribution in [0.1, 0.15) is 96.8 Å². The molecule has 2 aliphatic rings. The van der Waals surface area contributed by atoms with Crippen LogP contribution >= 0.6 is 0 Å². The molecule has 2 aromatic carbocycles. The van der Waals surface area contributed by atoms with E-state index < -0.39 is 11.2 Å². The van der Waals surface area contributed by atoms with E-state index in [9.17, 15) is 14.4 Å². The molecule has 0 bridgehead atoms. The van der Waals surface area contributed by atoms with E-state index in [0.717, 1.165) is 60.2 Å². The van der Waals surface area contributed by atoms with Gasteiger partial charge in [-0.15, -0.1) is 0 Å². The summed E-state index contributed by atoms with van der Waals surface area (Å²) < 4.78 is 11.5. The van der Waals surface area contributed by atoms with Gasteiger partial charge >= 0.3 is 11.9 Å². The number of hydrogen-bond acceptors (Lipinski definition) is 5. The Hall–Kier alpha value is -3.15. The van der Waals surface area contributed by atoms with E-state index in [-0.39, 0.29) is 29.7 Å². The quantitative estimate of drug-likeness (QED) is 0.310. The summed E-state index contributed by atoms with van der Waals surface area (Å²) in [6.07, 6.45) is 6.07. The van der Waals surface area contributed by atoms with Crippen molar-refractivity contribution in [2.75, 3.05) is 4.90 Å². The molecule has 0 spiro atoms. The second-order valence-electron chi connectivity index (χ2n) is 14.0. The number of esters is 2. The third-order valence-electron chi connectivity index (χ3n) is 7.97. The normalized spacial score (nSPS) is 20.0. The van der Waals surface area contributed by atoms with Gasteiger partial charge in [0.05, 0.1) is 18.0 Å². The Labute approximate surface area is 245 Å². The fraction of sp³-hybridized carbons (Fsp3) is 0.571. The lowest BCUT2D eigenvalue weighted by atomic mass is 9.72. The maximum Gasteiger partial charge on any atom is 0.310 e. The predicted octanol–water partition coefficient (Wildman–Crippen LogP) is 7.64. The highest BCUT2D eigenvalue weighted by Gasteiger charge is 2.36. The van der Waals surface area contributed by atoms with Gasteiger partial charge in [-0.2, -0.15) is 0 Å². The van der Waals surface area contributed by atoms with Crippen molar-refractivity contribution in [3.8, 4) is 0 Å². The predicted molar refractivity (Wildman–Crippen MR) is 162 cm³/mol. The first-order valence-corrected chi connectivity index (χ1v) is 15.1. The first kappa shape index (κ1) is 30.8. The molecule has 0 N–H and O–H groups in total. The Kier molecular flexibility index (Phi) is 9.30. The van der Waals surface area contributed by atoms with Gasteiger partial charge in [0.2, 0.25) is 5.91 Å². The van der Waals surface area contributed by atoms with E-state index >= 15 is 0 Å². The summed E-state index contributed by atoms with van der Waals surface area (Å²) in [5.41, 5.74) is 3.91. The summed E-state index contributed by atoms with van der Waals surface area (Å²) in [7, 11) is 0. The van der Waals surface area contributed by atoms with Crippen molar-refractivity contribution in [2.45, 2.75) is 111 Å². The van der Waals surface area contributed by atoms with E-state index in [0.29, 0.717) is 25.2 Å².